The van der Waals surface area contributed by atoms with Gasteiger partial charge in [-0.1, -0.05) is 60.1 Å². The van der Waals surface area contributed by atoms with Crippen molar-refractivity contribution in [2.24, 2.45) is 0 Å². The van der Waals surface area contributed by atoms with Crippen molar-refractivity contribution in [3.8, 4) is 0 Å². The summed E-state index contributed by atoms with van der Waals surface area (Å²) in [4.78, 5) is 16.8. The molecule has 0 bridgehead atoms. The highest BCUT2D eigenvalue weighted by Crippen LogP contribution is 2.25. The molecule has 4 nitrogen and oxygen atoms in total. The monoisotopic (exact) mass is 340 g/mol. The molecule has 2 aromatic carbocycles. The van der Waals surface area contributed by atoms with Crippen LogP contribution in [0.2, 0.25) is 5.02 Å². The summed E-state index contributed by atoms with van der Waals surface area (Å²) in [6, 6.07) is 16.7. The zero-order chi connectivity index (χ0) is 16.9. The Morgan fingerprint density at radius 1 is 1.12 bits per heavy atom. The van der Waals surface area contributed by atoms with Gasteiger partial charge < -0.3 is 10.4 Å². The number of aromatic nitrogens is 1. The molecule has 1 heterocycles. The molecule has 0 aliphatic heterocycles. The molecule has 3 aromatic rings. The predicted molar refractivity (Wildman–Crippen MR) is 95.2 cm³/mol. The molecule has 1 atom stereocenters. The molecule has 5 heteroatoms. The van der Waals surface area contributed by atoms with Crippen LogP contribution in [0.15, 0.2) is 60.8 Å². The van der Waals surface area contributed by atoms with Gasteiger partial charge in [-0.25, -0.2) is 0 Å². The van der Waals surface area contributed by atoms with Gasteiger partial charge in [0.05, 0.1) is 28.8 Å². The molecule has 0 unspecified atom stereocenters. The maximum atomic E-state index is 12.5. The van der Waals surface area contributed by atoms with Crippen LogP contribution in [0.3, 0.4) is 0 Å². The number of para-hydroxylation sites is 1. The van der Waals surface area contributed by atoms with E-state index in [1.807, 2.05) is 54.6 Å². The average Bonchev–Trinajstić information content (AvgIpc) is 2.62. The lowest BCUT2D eigenvalue weighted by Crippen LogP contribution is -2.39. The largest absolute Gasteiger partial charge is 0.394 e. The third-order valence-corrected chi connectivity index (χ3v) is 4.24. The molecular formula is C19H17ClN2O2. The molecule has 0 aliphatic carbocycles. The van der Waals surface area contributed by atoms with Gasteiger partial charge in [-0.05, 0) is 18.1 Å². The Morgan fingerprint density at radius 2 is 1.83 bits per heavy atom. The van der Waals surface area contributed by atoms with Crippen molar-refractivity contribution in [2.45, 2.75) is 12.5 Å². The van der Waals surface area contributed by atoms with E-state index < -0.39 is 0 Å². The number of nitrogens with zero attached hydrogens (tertiary/aromatic N) is 1. The van der Waals surface area contributed by atoms with Crippen molar-refractivity contribution in [1.82, 2.24) is 10.3 Å². The van der Waals surface area contributed by atoms with Crippen LogP contribution < -0.4 is 5.32 Å². The van der Waals surface area contributed by atoms with Crippen molar-refractivity contribution < 1.29 is 9.90 Å². The zero-order valence-electron chi connectivity index (χ0n) is 12.9. The first-order valence-electron chi connectivity index (χ1n) is 7.68. The number of fused-ring (bicyclic) bond motifs is 1. The molecule has 0 radical (unpaired) electrons. The number of rotatable bonds is 5. The quantitative estimate of drug-likeness (QED) is 0.749. The summed E-state index contributed by atoms with van der Waals surface area (Å²) in [6.45, 7) is -0.154. The highest BCUT2D eigenvalue weighted by atomic mass is 35.5. The fraction of sp³-hybridized carbons (Fsp3) is 0.158. The highest BCUT2D eigenvalue weighted by molar-refractivity contribution is 6.38. The Morgan fingerprint density at radius 3 is 2.58 bits per heavy atom. The standard InChI is InChI=1S/C19H17ClN2O2/c20-18-15-8-4-5-9-17(15)21-11-16(18)19(24)22-14(12-23)10-13-6-2-1-3-7-13/h1-9,11,14,23H,10,12H2,(H,22,24)/t14-/m0/s1. The number of carbonyl (C=O) groups is 1. The Balaban J connectivity index is 1.79. The van der Waals surface area contributed by atoms with Gasteiger partial charge in [0.1, 0.15) is 0 Å². The first-order valence-corrected chi connectivity index (χ1v) is 8.05. The molecule has 122 valence electrons. The van der Waals surface area contributed by atoms with Crippen molar-refractivity contribution in [3.63, 3.8) is 0 Å². The van der Waals surface area contributed by atoms with Crippen molar-refractivity contribution in [2.75, 3.05) is 6.61 Å². The molecule has 0 aliphatic rings. The average molecular weight is 341 g/mol. The molecule has 3 rings (SSSR count). The van der Waals surface area contributed by atoms with Gasteiger partial charge in [0, 0.05) is 11.6 Å². The minimum absolute atomic E-state index is 0.154. The Kier molecular flexibility index (Phi) is 5.08. The number of halogens is 1. The van der Waals surface area contributed by atoms with E-state index in [2.05, 4.69) is 10.3 Å². The highest BCUT2D eigenvalue weighted by Gasteiger charge is 2.18. The molecule has 24 heavy (non-hydrogen) atoms. The third-order valence-electron chi connectivity index (χ3n) is 3.83. The summed E-state index contributed by atoms with van der Waals surface area (Å²) in [7, 11) is 0. The molecule has 0 saturated heterocycles. The Labute approximate surface area is 145 Å². The second-order valence-corrected chi connectivity index (χ2v) is 5.92. The van der Waals surface area contributed by atoms with Crippen LogP contribution in [0.25, 0.3) is 10.9 Å². The number of carbonyl (C=O) groups excluding carboxylic acids is 1. The van der Waals surface area contributed by atoms with Gasteiger partial charge in [0.2, 0.25) is 0 Å². The van der Waals surface area contributed by atoms with Gasteiger partial charge in [-0.2, -0.15) is 0 Å². The summed E-state index contributed by atoms with van der Waals surface area (Å²) < 4.78 is 0. The summed E-state index contributed by atoms with van der Waals surface area (Å²) in [5.74, 6) is -0.340. The fourth-order valence-corrected chi connectivity index (χ4v) is 2.88. The zero-order valence-corrected chi connectivity index (χ0v) is 13.7. The summed E-state index contributed by atoms with van der Waals surface area (Å²) in [6.07, 6.45) is 2.01. The lowest BCUT2D eigenvalue weighted by molar-refractivity contribution is 0.0916. The number of benzene rings is 2. The topological polar surface area (TPSA) is 62.2 Å². The smallest absolute Gasteiger partial charge is 0.254 e. The normalized spacial score (nSPS) is 12.1. The summed E-state index contributed by atoms with van der Waals surface area (Å²) in [5.41, 5.74) is 2.09. The number of hydrogen-bond acceptors (Lipinski definition) is 3. The predicted octanol–water partition coefficient (Wildman–Crippen LogP) is 3.22. The summed E-state index contributed by atoms with van der Waals surface area (Å²) in [5, 5.41) is 13.5. The number of amides is 1. The molecule has 0 saturated carbocycles. The second-order valence-electron chi connectivity index (χ2n) is 5.55. The lowest BCUT2D eigenvalue weighted by Gasteiger charge is -2.17. The van der Waals surface area contributed by atoms with Crippen LogP contribution >= 0.6 is 11.6 Å². The van der Waals surface area contributed by atoms with E-state index in [0.29, 0.717) is 17.0 Å². The Hall–Kier alpha value is -2.43. The van der Waals surface area contributed by atoms with Crippen LogP contribution in [0.5, 0.6) is 0 Å². The van der Waals surface area contributed by atoms with Crippen LogP contribution in [-0.2, 0) is 6.42 Å². The van der Waals surface area contributed by atoms with Crippen LogP contribution in [0.1, 0.15) is 15.9 Å². The third kappa shape index (κ3) is 3.55. The molecular weight excluding hydrogens is 324 g/mol. The van der Waals surface area contributed by atoms with E-state index in [-0.39, 0.29) is 18.6 Å². The van der Waals surface area contributed by atoms with E-state index in [9.17, 15) is 9.90 Å². The van der Waals surface area contributed by atoms with Gasteiger partial charge in [0.25, 0.3) is 5.91 Å². The summed E-state index contributed by atoms with van der Waals surface area (Å²) >= 11 is 6.36. The minimum atomic E-state index is -0.387. The van der Waals surface area contributed by atoms with Gasteiger partial charge in [0.15, 0.2) is 0 Å². The van der Waals surface area contributed by atoms with E-state index in [1.54, 1.807) is 0 Å². The van der Waals surface area contributed by atoms with Crippen LogP contribution in [0.4, 0.5) is 0 Å². The first-order chi connectivity index (χ1) is 11.7. The van der Waals surface area contributed by atoms with Gasteiger partial charge >= 0.3 is 0 Å². The molecule has 1 amide bonds. The molecule has 0 fully saturated rings. The fourth-order valence-electron chi connectivity index (χ4n) is 2.59. The van der Waals surface area contributed by atoms with E-state index in [1.165, 1.54) is 6.20 Å². The number of nitrogens with one attached hydrogen (secondary N) is 1. The van der Waals surface area contributed by atoms with E-state index in [4.69, 9.17) is 11.6 Å². The van der Waals surface area contributed by atoms with Crippen LogP contribution in [-0.4, -0.2) is 28.6 Å². The van der Waals surface area contributed by atoms with E-state index >= 15 is 0 Å². The number of hydrogen-bond donors (Lipinski definition) is 2. The molecule has 0 spiro atoms. The van der Waals surface area contributed by atoms with Gasteiger partial charge in [-0.15, -0.1) is 0 Å². The van der Waals surface area contributed by atoms with Crippen molar-refractivity contribution in [3.05, 3.63) is 76.9 Å². The molecule has 1 aromatic heterocycles. The van der Waals surface area contributed by atoms with E-state index in [0.717, 1.165) is 16.5 Å². The SMILES string of the molecule is O=C(N[C@H](CO)Cc1ccccc1)c1cnc2ccccc2c1Cl. The number of pyridine rings is 1. The maximum Gasteiger partial charge on any atom is 0.254 e. The van der Waals surface area contributed by atoms with Crippen LogP contribution in [0, 0.1) is 0 Å². The van der Waals surface area contributed by atoms with Gasteiger partial charge in [-0.3, -0.25) is 9.78 Å². The van der Waals surface area contributed by atoms with Crippen molar-refractivity contribution >= 4 is 28.4 Å². The number of aliphatic hydroxyl groups is 1. The first kappa shape index (κ1) is 16.4. The number of aliphatic hydroxyl groups excluding tert-OH is 1. The Bertz CT molecular complexity index is 852. The lowest BCUT2D eigenvalue weighted by atomic mass is 10.1. The second kappa shape index (κ2) is 7.43. The minimum Gasteiger partial charge on any atom is -0.394 e. The maximum absolute atomic E-state index is 12.5. The molecule has 2 N–H and O–H groups in total. The van der Waals surface area contributed by atoms with Crippen molar-refractivity contribution in [1.29, 1.82) is 0 Å².